The molecule has 3 aliphatic rings. The fourth-order valence-corrected chi connectivity index (χ4v) is 9.79. The number of benzene rings is 1. The van der Waals surface area contributed by atoms with Gasteiger partial charge in [-0.2, -0.15) is 0 Å². The molecule has 3 aliphatic heterocycles. The Morgan fingerprint density at radius 1 is 0.720 bits per heavy atom. The summed E-state index contributed by atoms with van der Waals surface area (Å²) in [6.45, 7) is 6.76. The second-order valence-electron chi connectivity index (χ2n) is 20.6. The zero-order chi connectivity index (χ0) is 55.8. The number of amides is 8. The van der Waals surface area contributed by atoms with Gasteiger partial charge in [0.1, 0.15) is 60.3 Å². The number of hydrogen-bond acceptors (Lipinski definition) is 17. The number of aliphatic hydroxyl groups excluding tert-OH is 8. The standard InChI is InChI=1S/C50H80N8O17/c1-5-25(2)20-26(3)12-10-8-6-7-9-11-13-37(66)52-31-22-35(64)46(71)56-48(73)41-33(62)18-19-57(41)50(75)39(34(63)23-36(51)65)54-47(72)40(43(68)42(67)28-14-16-29(60)17-15-28)55-45(70)32-21-30(61)24-58(32)49(74)38(27(4)59)53-44(31)69/h14-17,25-27,30-35,38-43,46,59-64,67-68,71H,5-13,18-24H2,1-4H3,(H2,51,65)(H,52,66)(H,53,69)(H,54,72)(H,55,70)(H,56,73)/t25?,26?,27-,30-,31-,32?,33+,34-,35-,38?,39?,40?,41?,42-,43+,46-/m1/s1. The molecule has 422 valence electrons. The molecule has 4 rings (SSSR count). The molecule has 0 aliphatic carbocycles. The molecule has 25 heteroatoms. The number of phenolic OH excluding ortho intramolecular Hbond substituents is 1. The first-order chi connectivity index (χ1) is 35.3. The normalized spacial score (nSPS) is 29.0. The van der Waals surface area contributed by atoms with Crippen molar-refractivity contribution in [3.8, 4) is 5.75 Å². The highest BCUT2D eigenvalue weighted by Crippen LogP contribution is 2.27. The van der Waals surface area contributed by atoms with Gasteiger partial charge in [0.2, 0.25) is 47.3 Å². The van der Waals surface area contributed by atoms with Crippen LogP contribution >= 0.6 is 0 Å². The summed E-state index contributed by atoms with van der Waals surface area (Å²) in [6, 6.07) is -7.37. The van der Waals surface area contributed by atoms with Gasteiger partial charge in [-0.3, -0.25) is 38.4 Å². The molecule has 3 heterocycles. The Bertz CT molecular complexity index is 2100. The van der Waals surface area contributed by atoms with Gasteiger partial charge in [0, 0.05) is 32.4 Å². The van der Waals surface area contributed by atoms with Crippen LogP contribution in [0, 0.1) is 11.8 Å². The van der Waals surface area contributed by atoms with E-state index in [1.165, 1.54) is 6.42 Å². The van der Waals surface area contributed by atoms with Gasteiger partial charge in [-0.05, 0) is 55.7 Å². The number of nitrogens with zero attached hydrogens (tertiary/aromatic N) is 2. The van der Waals surface area contributed by atoms with E-state index in [0.29, 0.717) is 29.6 Å². The number of nitrogens with one attached hydrogen (secondary N) is 5. The van der Waals surface area contributed by atoms with Crippen molar-refractivity contribution in [2.75, 3.05) is 13.1 Å². The lowest BCUT2D eigenvalue weighted by Crippen LogP contribution is -2.64. The zero-order valence-corrected chi connectivity index (χ0v) is 43.1. The second kappa shape index (κ2) is 29.1. The molecule has 7 unspecified atom stereocenters. The van der Waals surface area contributed by atoms with Gasteiger partial charge in [0.25, 0.3) is 0 Å². The number of hydrogen-bond donors (Lipinski definition) is 15. The van der Waals surface area contributed by atoms with Crippen LogP contribution in [0.25, 0.3) is 0 Å². The third-order valence-electron chi connectivity index (χ3n) is 14.3. The monoisotopic (exact) mass is 1060 g/mol. The van der Waals surface area contributed by atoms with E-state index in [2.05, 4.69) is 47.4 Å². The van der Waals surface area contributed by atoms with Crippen LogP contribution in [0.2, 0.25) is 0 Å². The first-order valence-corrected chi connectivity index (χ1v) is 26.0. The first-order valence-electron chi connectivity index (χ1n) is 26.0. The summed E-state index contributed by atoms with van der Waals surface area (Å²) in [5.74, 6) is -8.59. The Hall–Kier alpha value is -5.54. The number of aromatic hydroxyl groups is 1. The summed E-state index contributed by atoms with van der Waals surface area (Å²) in [4.78, 5) is 112. The van der Waals surface area contributed by atoms with Crippen molar-refractivity contribution in [1.29, 1.82) is 0 Å². The highest BCUT2D eigenvalue weighted by molar-refractivity contribution is 5.98. The summed E-state index contributed by atoms with van der Waals surface area (Å²) in [5.41, 5.74) is 5.21. The molecule has 16 atom stereocenters. The third-order valence-corrected chi connectivity index (χ3v) is 14.3. The fourth-order valence-electron chi connectivity index (χ4n) is 9.79. The van der Waals surface area contributed by atoms with Crippen LogP contribution in [-0.4, -0.2) is 195 Å². The van der Waals surface area contributed by atoms with E-state index < -0.39 is 165 Å². The second-order valence-corrected chi connectivity index (χ2v) is 20.6. The van der Waals surface area contributed by atoms with Gasteiger partial charge in [0.15, 0.2) is 6.23 Å². The predicted octanol–water partition coefficient (Wildman–Crippen LogP) is -3.34. The number of primary amides is 1. The SMILES string of the molecule is CCC(C)CC(C)CCCCCCCCC(=O)N[C@@H]1C[C@@H](O)[C@@H](O)NC(=O)C2[C@@H](O)CCN2C(=O)C([C@H](O)CC(N)=O)NC(=O)C([C@H](O)[C@H](O)c2ccc(O)cc2)NC(=O)C2C[C@@H](O)CN2C(=O)C([C@@H](C)O)NC1=O. The molecule has 3 saturated heterocycles. The van der Waals surface area contributed by atoms with E-state index in [0.717, 1.165) is 74.6 Å². The van der Waals surface area contributed by atoms with Crippen LogP contribution in [0.1, 0.15) is 129 Å². The van der Waals surface area contributed by atoms with Gasteiger partial charge < -0.3 is 88.1 Å². The minimum atomic E-state index is -2.36. The fraction of sp³-hybridized carbons (Fsp3) is 0.720. The maximum atomic E-state index is 14.4. The van der Waals surface area contributed by atoms with E-state index in [1.54, 1.807) is 0 Å². The van der Waals surface area contributed by atoms with Crippen molar-refractivity contribution in [1.82, 2.24) is 36.4 Å². The molecule has 0 spiro atoms. The molecule has 25 nitrogen and oxygen atoms in total. The highest BCUT2D eigenvalue weighted by atomic mass is 16.3. The molecule has 0 saturated carbocycles. The summed E-state index contributed by atoms with van der Waals surface area (Å²) in [5, 5.41) is 110. The number of rotatable bonds is 20. The number of phenols is 1. The third kappa shape index (κ3) is 17.8. The van der Waals surface area contributed by atoms with Crippen LogP contribution < -0.4 is 32.3 Å². The molecule has 0 aromatic heterocycles. The average Bonchev–Trinajstić information content (AvgIpc) is 3.95. The molecule has 0 bridgehead atoms. The predicted molar refractivity (Wildman–Crippen MR) is 265 cm³/mol. The van der Waals surface area contributed by atoms with Crippen molar-refractivity contribution in [3.63, 3.8) is 0 Å². The Morgan fingerprint density at radius 2 is 1.32 bits per heavy atom. The van der Waals surface area contributed by atoms with Gasteiger partial charge in [-0.1, -0.05) is 77.8 Å². The van der Waals surface area contributed by atoms with Crippen LogP contribution in [0.3, 0.4) is 0 Å². The summed E-state index contributed by atoms with van der Waals surface area (Å²) in [7, 11) is 0. The maximum absolute atomic E-state index is 14.4. The van der Waals surface area contributed by atoms with E-state index in [4.69, 9.17) is 5.73 Å². The minimum absolute atomic E-state index is 0.0795. The number of carbonyl (C=O) groups is 8. The van der Waals surface area contributed by atoms with Crippen LogP contribution in [0.5, 0.6) is 5.75 Å². The quantitative estimate of drug-likeness (QED) is 0.0568. The molecule has 3 fully saturated rings. The Kier molecular flexibility index (Phi) is 24.1. The van der Waals surface area contributed by atoms with Gasteiger partial charge in [0.05, 0.1) is 30.8 Å². The van der Waals surface area contributed by atoms with Crippen LogP contribution in [-0.2, 0) is 38.4 Å². The van der Waals surface area contributed by atoms with E-state index in [9.17, 15) is 84.3 Å². The molecular formula is C50H80N8O17. The Morgan fingerprint density at radius 3 is 1.95 bits per heavy atom. The molecule has 1 aromatic carbocycles. The Labute approximate surface area is 436 Å². The largest absolute Gasteiger partial charge is 0.508 e. The van der Waals surface area contributed by atoms with E-state index in [1.807, 2.05) is 0 Å². The van der Waals surface area contributed by atoms with Gasteiger partial charge in [-0.25, -0.2) is 0 Å². The molecule has 1 aromatic rings. The van der Waals surface area contributed by atoms with Crippen molar-refractivity contribution in [2.45, 2.75) is 203 Å². The molecule has 0 radical (unpaired) electrons. The lowest BCUT2D eigenvalue weighted by molar-refractivity contribution is -0.149. The van der Waals surface area contributed by atoms with Crippen molar-refractivity contribution in [3.05, 3.63) is 29.8 Å². The number of fused-ring (bicyclic) bond motifs is 2. The molecule has 75 heavy (non-hydrogen) atoms. The van der Waals surface area contributed by atoms with Crippen molar-refractivity contribution in [2.24, 2.45) is 17.6 Å². The van der Waals surface area contributed by atoms with Crippen molar-refractivity contribution < 1.29 is 84.3 Å². The van der Waals surface area contributed by atoms with Crippen LogP contribution in [0.4, 0.5) is 0 Å². The van der Waals surface area contributed by atoms with Gasteiger partial charge in [-0.15, -0.1) is 0 Å². The minimum Gasteiger partial charge on any atom is -0.508 e. The molecule has 8 amide bonds. The first kappa shape index (κ1) is 62.0. The number of carbonyl (C=O) groups excluding carboxylic acids is 8. The topological polar surface area (TPSA) is 411 Å². The lowest BCUT2D eigenvalue weighted by atomic mass is 9.91. The zero-order valence-electron chi connectivity index (χ0n) is 43.1. The maximum Gasteiger partial charge on any atom is 0.248 e. The summed E-state index contributed by atoms with van der Waals surface area (Å²) in [6.07, 6.45) is -10.2. The summed E-state index contributed by atoms with van der Waals surface area (Å²) >= 11 is 0. The number of unbranched alkanes of at least 4 members (excludes halogenated alkanes) is 5. The Balaban J connectivity index is 1.69. The highest BCUT2D eigenvalue weighted by Gasteiger charge is 2.49. The van der Waals surface area contributed by atoms with Crippen molar-refractivity contribution >= 4 is 47.3 Å². The molecular weight excluding hydrogens is 985 g/mol. The summed E-state index contributed by atoms with van der Waals surface area (Å²) < 4.78 is 0. The van der Waals surface area contributed by atoms with E-state index >= 15 is 0 Å². The lowest BCUT2D eigenvalue weighted by Gasteiger charge is -2.34. The average molecular weight is 1070 g/mol. The number of aliphatic hydroxyl groups is 8. The van der Waals surface area contributed by atoms with E-state index in [-0.39, 0.29) is 24.2 Å². The van der Waals surface area contributed by atoms with Crippen LogP contribution in [0.15, 0.2) is 24.3 Å². The van der Waals surface area contributed by atoms with Gasteiger partial charge >= 0.3 is 0 Å². The smallest absolute Gasteiger partial charge is 0.248 e. The molecule has 16 N–H and O–H groups in total. The number of nitrogens with two attached hydrogens (primary N) is 1.